The Kier molecular flexibility index (Phi) is 3.29. The molecule has 1 amide bonds. The standard InChI is InChI=1S/C8H8N2O2S/c1-10-8(11)12-7(4-9)6-2-3-13-5-6/h2-3,5,7H,1H3,(H,10,11). The summed E-state index contributed by atoms with van der Waals surface area (Å²) < 4.78 is 4.79. The summed E-state index contributed by atoms with van der Waals surface area (Å²) in [6, 6.07) is 3.64. The highest BCUT2D eigenvalue weighted by atomic mass is 32.1. The van der Waals surface area contributed by atoms with Crippen molar-refractivity contribution in [1.29, 1.82) is 5.26 Å². The number of amides is 1. The Morgan fingerprint density at radius 3 is 3.08 bits per heavy atom. The van der Waals surface area contributed by atoms with Gasteiger partial charge in [-0.05, 0) is 16.8 Å². The van der Waals surface area contributed by atoms with Crippen molar-refractivity contribution in [2.75, 3.05) is 7.05 Å². The molecular formula is C8H8N2O2S. The van der Waals surface area contributed by atoms with Gasteiger partial charge in [-0.1, -0.05) is 0 Å². The van der Waals surface area contributed by atoms with Crippen LogP contribution < -0.4 is 5.32 Å². The van der Waals surface area contributed by atoms with Gasteiger partial charge in [0, 0.05) is 12.6 Å². The molecule has 1 aromatic rings. The summed E-state index contributed by atoms with van der Waals surface area (Å²) in [5.74, 6) is 0. The molecule has 1 unspecified atom stereocenters. The van der Waals surface area contributed by atoms with Gasteiger partial charge in [-0.15, -0.1) is 0 Å². The van der Waals surface area contributed by atoms with Gasteiger partial charge in [0.15, 0.2) is 0 Å². The summed E-state index contributed by atoms with van der Waals surface area (Å²) in [5, 5.41) is 14.6. The minimum absolute atomic E-state index is 0.599. The lowest BCUT2D eigenvalue weighted by molar-refractivity contribution is 0.125. The number of hydrogen-bond donors (Lipinski definition) is 1. The van der Waals surface area contributed by atoms with E-state index in [9.17, 15) is 4.79 Å². The Morgan fingerprint density at radius 1 is 1.85 bits per heavy atom. The first-order valence-electron chi connectivity index (χ1n) is 3.58. The van der Waals surface area contributed by atoms with Crippen molar-refractivity contribution in [3.63, 3.8) is 0 Å². The van der Waals surface area contributed by atoms with Gasteiger partial charge in [0.1, 0.15) is 6.07 Å². The number of thiophene rings is 1. The fourth-order valence-corrected chi connectivity index (χ4v) is 1.43. The van der Waals surface area contributed by atoms with Crippen LogP contribution in [0.2, 0.25) is 0 Å². The minimum Gasteiger partial charge on any atom is -0.426 e. The molecule has 0 radical (unpaired) electrons. The molecule has 1 aromatic heterocycles. The van der Waals surface area contributed by atoms with Crippen LogP contribution in [0.1, 0.15) is 11.7 Å². The van der Waals surface area contributed by atoms with Gasteiger partial charge in [-0.2, -0.15) is 16.6 Å². The number of rotatable bonds is 2. The average molecular weight is 196 g/mol. The van der Waals surface area contributed by atoms with E-state index in [4.69, 9.17) is 10.00 Å². The molecule has 4 nitrogen and oxygen atoms in total. The maximum absolute atomic E-state index is 10.8. The molecule has 0 fully saturated rings. The second kappa shape index (κ2) is 4.48. The number of hydrogen-bond acceptors (Lipinski definition) is 4. The van der Waals surface area contributed by atoms with Gasteiger partial charge in [0.2, 0.25) is 6.10 Å². The van der Waals surface area contributed by atoms with Crippen LogP contribution in [0.15, 0.2) is 16.8 Å². The fraction of sp³-hybridized carbons (Fsp3) is 0.250. The van der Waals surface area contributed by atoms with E-state index in [1.165, 1.54) is 18.4 Å². The first kappa shape index (κ1) is 9.55. The summed E-state index contributed by atoms with van der Waals surface area (Å²) in [6.45, 7) is 0. The molecule has 5 heteroatoms. The highest BCUT2D eigenvalue weighted by Crippen LogP contribution is 2.19. The van der Waals surface area contributed by atoms with E-state index < -0.39 is 12.2 Å². The molecule has 1 heterocycles. The smallest absolute Gasteiger partial charge is 0.408 e. The van der Waals surface area contributed by atoms with Crippen LogP contribution >= 0.6 is 11.3 Å². The number of nitriles is 1. The quantitative estimate of drug-likeness (QED) is 0.782. The molecule has 1 rings (SSSR count). The zero-order chi connectivity index (χ0) is 9.68. The Labute approximate surface area is 79.7 Å². The number of carbonyl (C=O) groups excluding carboxylic acids is 1. The third-order valence-electron chi connectivity index (χ3n) is 1.39. The number of carbonyl (C=O) groups is 1. The van der Waals surface area contributed by atoms with Crippen molar-refractivity contribution in [3.8, 4) is 6.07 Å². The Hall–Kier alpha value is -1.54. The molecule has 0 bridgehead atoms. The maximum atomic E-state index is 10.8. The number of ether oxygens (including phenoxy) is 1. The van der Waals surface area contributed by atoms with E-state index in [0.717, 1.165) is 0 Å². The minimum atomic E-state index is -0.814. The highest BCUT2D eigenvalue weighted by Gasteiger charge is 2.14. The summed E-state index contributed by atoms with van der Waals surface area (Å²) in [6.07, 6.45) is -1.41. The first-order valence-corrected chi connectivity index (χ1v) is 4.52. The van der Waals surface area contributed by atoms with E-state index in [-0.39, 0.29) is 0 Å². The normalized spacial score (nSPS) is 11.4. The first-order chi connectivity index (χ1) is 6.27. The monoisotopic (exact) mass is 196 g/mol. The second-order valence-corrected chi connectivity index (χ2v) is 3.00. The van der Waals surface area contributed by atoms with E-state index in [2.05, 4.69) is 5.32 Å². The van der Waals surface area contributed by atoms with Gasteiger partial charge >= 0.3 is 6.09 Å². The second-order valence-electron chi connectivity index (χ2n) is 2.22. The zero-order valence-corrected chi connectivity index (χ0v) is 7.80. The predicted octanol–water partition coefficient (Wildman–Crippen LogP) is 1.67. The Bertz CT molecular complexity index is 315. The molecule has 0 aromatic carbocycles. The van der Waals surface area contributed by atoms with E-state index in [0.29, 0.717) is 5.56 Å². The topological polar surface area (TPSA) is 62.1 Å². The summed E-state index contributed by atoms with van der Waals surface area (Å²) >= 11 is 1.46. The molecule has 1 atom stereocenters. The van der Waals surface area contributed by atoms with Gasteiger partial charge in [-0.25, -0.2) is 4.79 Å². The fourth-order valence-electron chi connectivity index (χ4n) is 0.759. The number of nitrogens with one attached hydrogen (secondary N) is 1. The van der Waals surface area contributed by atoms with Crippen molar-refractivity contribution in [2.45, 2.75) is 6.10 Å². The van der Waals surface area contributed by atoms with Gasteiger partial charge < -0.3 is 10.1 Å². The SMILES string of the molecule is CNC(=O)OC(C#N)c1ccsc1. The van der Waals surface area contributed by atoms with Crippen molar-refractivity contribution in [2.24, 2.45) is 0 Å². The number of nitrogens with zero attached hydrogens (tertiary/aromatic N) is 1. The Balaban J connectivity index is 2.66. The van der Waals surface area contributed by atoms with Gasteiger partial charge in [0.25, 0.3) is 0 Å². The molecule has 68 valence electrons. The average Bonchev–Trinajstić information content (AvgIpc) is 2.66. The van der Waals surface area contributed by atoms with Crippen LogP contribution in [-0.2, 0) is 4.74 Å². The molecular weight excluding hydrogens is 188 g/mol. The molecule has 1 N–H and O–H groups in total. The maximum Gasteiger partial charge on any atom is 0.408 e. The van der Waals surface area contributed by atoms with E-state index in [1.54, 1.807) is 11.4 Å². The van der Waals surface area contributed by atoms with Crippen molar-refractivity contribution >= 4 is 17.4 Å². The summed E-state index contributed by atoms with van der Waals surface area (Å²) in [7, 11) is 1.45. The highest BCUT2D eigenvalue weighted by molar-refractivity contribution is 7.07. The molecule has 0 aliphatic heterocycles. The van der Waals surface area contributed by atoms with Crippen LogP contribution in [0.3, 0.4) is 0 Å². The van der Waals surface area contributed by atoms with Crippen LogP contribution in [0, 0.1) is 11.3 Å². The van der Waals surface area contributed by atoms with Gasteiger partial charge in [-0.3, -0.25) is 0 Å². The third kappa shape index (κ3) is 2.46. The lowest BCUT2D eigenvalue weighted by Gasteiger charge is -2.07. The Morgan fingerprint density at radius 2 is 2.62 bits per heavy atom. The summed E-state index contributed by atoms with van der Waals surface area (Å²) in [5.41, 5.74) is 0.705. The van der Waals surface area contributed by atoms with Gasteiger partial charge in [0.05, 0.1) is 0 Å². The molecule has 0 saturated heterocycles. The lowest BCUT2D eigenvalue weighted by atomic mass is 10.2. The predicted molar refractivity (Wildman–Crippen MR) is 48.2 cm³/mol. The van der Waals surface area contributed by atoms with Crippen molar-refractivity contribution < 1.29 is 9.53 Å². The van der Waals surface area contributed by atoms with Crippen LogP contribution in [0.4, 0.5) is 4.79 Å². The summed E-state index contributed by atoms with van der Waals surface area (Å²) in [4.78, 5) is 10.8. The largest absolute Gasteiger partial charge is 0.426 e. The van der Waals surface area contributed by atoms with Crippen molar-refractivity contribution in [3.05, 3.63) is 22.4 Å². The molecule has 13 heavy (non-hydrogen) atoms. The van der Waals surface area contributed by atoms with Crippen molar-refractivity contribution in [1.82, 2.24) is 5.32 Å². The number of alkyl carbamates (subject to hydrolysis) is 1. The van der Waals surface area contributed by atoms with Crippen LogP contribution in [-0.4, -0.2) is 13.1 Å². The molecule has 0 spiro atoms. The molecule has 0 saturated carbocycles. The zero-order valence-electron chi connectivity index (χ0n) is 6.98. The third-order valence-corrected chi connectivity index (χ3v) is 2.09. The molecule has 0 aliphatic rings. The van der Waals surface area contributed by atoms with E-state index >= 15 is 0 Å². The van der Waals surface area contributed by atoms with Crippen LogP contribution in [0.25, 0.3) is 0 Å². The van der Waals surface area contributed by atoms with Crippen LogP contribution in [0.5, 0.6) is 0 Å². The van der Waals surface area contributed by atoms with E-state index in [1.807, 2.05) is 11.4 Å². The molecule has 0 aliphatic carbocycles. The lowest BCUT2D eigenvalue weighted by Crippen LogP contribution is -2.21.